The molecule has 1 amide bonds. The minimum atomic E-state index is -0.0239. The minimum absolute atomic E-state index is 0.0239. The number of hydrogen-bond donors (Lipinski definition) is 1. The van der Waals surface area contributed by atoms with Crippen molar-refractivity contribution in [2.45, 2.75) is 92.6 Å². The second-order valence-electron chi connectivity index (χ2n) is 7.97. The summed E-state index contributed by atoms with van der Waals surface area (Å²) in [4.78, 5) is 19.2. The molecule has 6 heteroatoms. The monoisotopic (exact) mass is 466 g/mol. The molecule has 3 atom stereocenters. The number of allylic oxidation sites excluding steroid dienone is 1. The molecule has 168 valence electrons. The van der Waals surface area contributed by atoms with Crippen molar-refractivity contribution in [3.8, 4) is 0 Å². The lowest BCUT2D eigenvalue weighted by molar-refractivity contribution is -0.116. The fourth-order valence-corrected chi connectivity index (χ4v) is 6.61. The Labute approximate surface area is 196 Å². The molecule has 0 bridgehead atoms. The van der Waals surface area contributed by atoms with E-state index in [1.807, 2.05) is 24.9 Å². The van der Waals surface area contributed by atoms with E-state index in [2.05, 4.69) is 48.6 Å². The Morgan fingerprint density at radius 3 is 2.40 bits per heavy atom. The first-order valence-electron chi connectivity index (χ1n) is 11.3. The van der Waals surface area contributed by atoms with Gasteiger partial charge >= 0.3 is 0 Å². The molecule has 2 rings (SSSR count). The predicted octanol–water partition coefficient (Wildman–Crippen LogP) is 7.59. The number of aromatic nitrogens is 1. The van der Waals surface area contributed by atoms with E-state index in [1.54, 1.807) is 23.5 Å². The SMILES string of the molecule is CCCCC[C@H]1C=C[C@@H](CCCCC)S[C@H]1C(=O)Nc1c(SC)cc(C)nc1SC. The second kappa shape index (κ2) is 13.7. The molecule has 30 heavy (non-hydrogen) atoms. The Morgan fingerprint density at radius 1 is 1.07 bits per heavy atom. The summed E-state index contributed by atoms with van der Waals surface area (Å²) in [6, 6.07) is 2.07. The van der Waals surface area contributed by atoms with E-state index < -0.39 is 0 Å². The number of pyridine rings is 1. The lowest BCUT2D eigenvalue weighted by Crippen LogP contribution is -2.35. The van der Waals surface area contributed by atoms with Gasteiger partial charge in [-0.05, 0) is 44.3 Å². The van der Waals surface area contributed by atoms with Gasteiger partial charge in [0.25, 0.3) is 0 Å². The number of hydrogen-bond acceptors (Lipinski definition) is 5. The van der Waals surface area contributed by atoms with Crippen molar-refractivity contribution in [3.63, 3.8) is 0 Å². The first kappa shape index (κ1) is 25.7. The van der Waals surface area contributed by atoms with Gasteiger partial charge in [0, 0.05) is 15.8 Å². The maximum atomic E-state index is 13.5. The van der Waals surface area contributed by atoms with Crippen LogP contribution in [0.15, 0.2) is 28.1 Å². The Bertz CT molecular complexity index is 683. The minimum Gasteiger partial charge on any atom is -0.322 e. The van der Waals surface area contributed by atoms with Crippen molar-refractivity contribution in [3.05, 3.63) is 23.9 Å². The molecule has 1 aromatic rings. The summed E-state index contributed by atoms with van der Waals surface area (Å²) in [6.45, 7) is 6.49. The van der Waals surface area contributed by atoms with E-state index >= 15 is 0 Å². The van der Waals surface area contributed by atoms with Crippen LogP contribution >= 0.6 is 35.3 Å². The fraction of sp³-hybridized carbons (Fsp3) is 0.667. The van der Waals surface area contributed by atoms with Crippen LogP contribution in [0.3, 0.4) is 0 Å². The van der Waals surface area contributed by atoms with Crippen molar-refractivity contribution in [1.29, 1.82) is 0 Å². The molecule has 3 nitrogen and oxygen atoms in total. The van der Waals surface area contributed by atoms with Crippen molar-refractivity contribution < 1.29 is 4.79 Å². The fourth-order valence-electron chi connectivity index (χ4n) is 3.83. The number of thioether (sulfide) groups is 3. The van der Waals surface area contributed by atoms with Gasteiger partial charge in [-0.25, -0.2) is 4.98 Å². The van der Waals surface area contributed by atoms with Gasteiger partial charge in [0.05, 0.1) is 10.9 Å². The van der Waals surface area contributed by atoms with Crippen LogP contribution in [0, 0.1) is 12.8 Å². The van der Waals surface area contributed by atoms with E-state index in [1.165, 1.54) is 44.9 Å². The zero-order chi connectivity index (χ0) is 21.9. The van der Waals surface area contributed by atoms with Gasteiger partial charge in [-0.1, -0.05) is 64.5 Å². The number of unbranched alkanes of at least 4 members (excludes halogenated alkanes) is 4. The zero-order valence-corrected chi connectivity index (χ0v) is 21.7. The van der Waals surface area contributed by atoms with Crippen LogP contribution in [0.2, 0.25) is 0 Å². The Kier molecular flexibility index (Phi) is 11.8. The molecule has 2 heterocycles. The molecule has 1 aromatic heterocycles. The molecule has 0 unspecified atom stereocenters. The third-order valence-electron chi connectivity index (χ3n) is 5.51. The van der Waals surface area contributed by atoms with E-state index in [-0.39, 0.29) is 11.2 Å². The number of carbonyl (C=O) groups is 1. The first-order valence-corrected chi connectivity index (χ1v) is 14.7. The summed E-state index contributed by atoms with van der Waals surface area (Å²) < 4.78 is 0. The summed E-state index contributed by atoms with van der Waals surface area (Å²) in [5, 5.41) is 4.62. The topological polar surface area (TPSA) is 42.0 Å². The molecule has 1 aliphatic rings. The number of nitrogens with one attached hydrogen (secondary N) is 1. The highest BCUT2D eigenvalue weighted by Gasteiger charge is 2.33. The van der Waals surface area contributed by atoms with Crippen LogP contribution < -0.4 is 5.32 Å². The highest BCUT2D eigenvalue weighted by molar-refractivity contribution is 8.01. The second-order valence-corrected chi connectivity index (χ2v) is 11.0. The van der Waals surface area contributed by atoms with Crippen LogP contribution in [-0.4, -0.2) is 33.9 Å². The third kappa shape index (κ3) is 7.52. The highest BCUT2D eigenvalue weighted by Crippen LogP contribution is 2.39. The molecular formula is C24H38N2OS3. The summed E-state index contributed by atoms with van der Waals surface area (Å²) in [5.41, 5.74) is 1.88. The summed E-state index contributed by atoms with van der Waals surface area (Å²) in [6.07, 6.45) is 18.4. The number of carbonyl (C=O) groups excluding carboxylic acids is 1. The van der Waals surface area contributed by atoms with Gasteiger partial charge in [0.2, 0.25) is 5.91 Å². The standard InChI is InChI=1S/C24H38N2OS3/c1-6-8-10-12-18-14-15-19(13-11-9-7-2)30-22(18)23(27)26-21-20(28-4)16-17(3)25-24(21)29-5/h14-16,18-19,22H,6-13H2,1-5H3,(H,26,27)/t18-,19+,22+/m0/s1. The van der Waals surface area contributed by atoms with E-state index in [9.17, 15) is 4.79 Å². The van der Waals surface area contributed by atoms with Gasteiger partial charge in [0.15, 0.2) is 0 Å². The first-order chi connectivity index (χ1) is 14.5. The van der Waals surface area contributed by atoms with Crippen molar-refractivity contribution >= 4 is 46.9 Å². The molecule has 1 N–H and O–H groups in total. The normalized spacial score (nSPS) is 21.0. The van der Waals surface area contributed by atoms with E-state index in [0.29, 0.717) is 11.2 Å². The lowest BCUT2D eigenvalue weighted by Gasteiger charge is -2.31. The summed E-state index contributed by atoms with van der Waals surface area (Å²) in [5.74, 6) is 0.459. The number of nitrogens with zero attached hydrogens (tertiary/aromatic N) is 1. The van der Waals surface area contributed by atoms with Gasteiger partial charge in [-0.2, -0.15) is 0 Å². The van der Waals surface area contributed by atoms with Crippen molar-refractivity contribution in [2.75, 3.05) is 17.8 Å². The smallest absolute Gasteiger partial charge is 0.238 e. The van der Waals surface area contributed by atoms with Gasteiger partial charge in [0.1, 0.15) is 5.03 Å². The Balaban J connectivity index is 2.19. The van der Waals surface area contributed by atoms with Crippen molar-refractivity contribution in [2.24, 2.45) is 5.92 Å². The number of rotatable bonds is 12. The zero-order valence-electron chi connectivity index (χ0n) is 19.2. The number of anilines is 1. The molecule has 0 aromatic carbocycles. The van der Waals surface area contributed by atoms with Crippen LogP contribution in [-0.2, 0) is 4.79 Å². The molecule has 0 saturated heterocycles. The van der Waals surface area contributed by atoms with Crippen LogP contribution in [0.5, 0.6) is 0 Å². The molecule has 0 fully saturated rings. The molecular weight excluding hydrogens is 428 g/mol. The summed E-state index contributed by atoms with van der Waals surface area (Å²) >= 11 is 5.14. The average molecular weight is 467 g/mol. The van der Waals surface area contributed by atoms with Gasteiger partial charge in [-0.3, -0.25) is 4.79 Å². The van der Waals surface area contributed by atoms with Gasteiger partial charge in [-0.15, -0.1) is 35.3 Å². The van der Waals surface area contributed by atoms with E-state index in [4.69, 9.17) is 0 Å². The molecule has 0 aliphatic carbocycles. The Morgan fingerprint density at radius 2 is 1.77 bits per heavy atom. The van der Waals surface area contributed by atoms with Crippen LogP contribution in [0.4, 0.5) is 5.69 Å². The highest BCUT2D eigenvalue weighted by atomic mass is 32.2. The quantitative estimate of drug-likeness (QED) is 0.195. The molecule has 0 spiro atoms. The average Bonchev–Trinajstić information content (AvgIpc) is 2.75. The van der Waals surface area contributed by atoms with E-state index in [0.717, 1.165) is 27.7 Å². The predicted molar refractivity (Wildman–Crippen MR) is 137 cm³/mol. The van der Waals surface area contributed by atoms with Crippen molar-refractivity contribution in [1.82, 2.24) is 4.98 Å². The largest absolute Gasteiger partial charge is 0.322 e. The molecule has 0 radical (unpaired) electrons. The Hall–Kier alpha value is -0.590. The maximum Gasteiger partial charge on any atom is 0.238 e. The molecule has 1 aliphatic heterocycles. The summed E-state index contributed by atoms with van der Waals surface area (Å²) in [7, 11) is 0. The number of amides is 1. The van der Waals surface area contributed by atoms with Crippen LogP contribution in [0.1, 0.15) is 70.9 Å². The maximum absolute atomic E-state index is 13.5. The third-order valence-corrected chi connectivity index (χ3v) is 8.56. The molecule has 0 saturated carbocycles. The lowest BCUT2D eigenvalue weighted by atomic mass is 9.95. The van der Waals surface area contributed by atoms with Gasteiger partial charge < -0.3 is 5.32 Å². The van der Waals surface area contributed by atoms with Crippen LogP contribution in [0.25, 0.3) is 0 Å². The number of aryl methyl sites for hydroxylation is 1.